The van der Waals surface area contributed by atoms with E-state index in [1.165, 1.54) is 11.1 Å². The van der Waals surface area contributed by atoms with Gasteiger partial charge in [0, 0.05) is 17.6 Å². The van der Waals surface area contributed by atoms with Crippen molar-refractivity contribution in [2.45, 2.75) is 6.92 Å². The molecule has 1 amide bonds. The fraction of sp³-hybridized carbons (Fsp3) is 0.143. The monoisotopic (exact) mass is 289 g/mol. The number of nitrogens with one attached hydrogen (secondary N) is 1. The Bertz CT molecular complexity index is 674. The van der Waals surface area contributed by atoms with Gasteiger partial charge < -0.3 is 9.74 Å². The van der Waals surface area contributed by atoms with Crippen molar-refractivity contribution in [1.29, 1.82) is 0 Å². The summed E-state index contributed by atoms with van der Waals surface area (Å²) in [5.41, 5.74) is 5.69. The molecule has 102 valence electrons. The van der Waals surface area contributed by atoms with Crippen molar-refractivity contribution in [3.05, 3.63) is 52.0 Å². The normalized spacial score (nSPS) is 17.9. The van der Waals surface area contributed by atoms with Crippen LogP contribution in [0.2, 0.25) is 5.02 Å². The first-order chi connectivity index (χ1) is 9.58. The van der Waals surface area contributed by atoms with Crippen LogP contribution in [0.5, 0.6) is 0 Å². The van der Waals surface area contributed by atoms with Gasteiger partial charge in [0.1, 0.15) is 11.4 Å². The lowest BCUT2D eigenvalue weighted by Gasteiger charge is -2.14. The second-order valence-corrected chi connectivity index (χ2v) is 4.93. The van der Waals surface area contributed by atoms with Crippen LogP contribution >= 0.6 is 11.6 Å². The van der Waals surface area contributed by atoms with Crippen molar-refractivity contribution >= 4 is 29.4 Å². The minimum Gasteiger partial charge on any atom is -0.384 e. The zero-order valence-corrected chi connectivity index (χ0v) is 11.7. The molecule has 20 heavy (non-hydrogen) atoms. The number of rotatable bonds is 1. The van der Waals surface area contributed by atoms with Gasteiger partial charge in [-0.2, -0.15) is 0 Å². The van der Waals surface area contributed by atoms with Crippen LogP contribution in [0.1, 0.15) is 12.5 Å². The molecule has 2 heterocycles. The van der Waals surface area contributed by atoms with Crippen molar-refractivity contribution in [3.63, 3.8) is 0 Å². The molecule has 0 aliphatic carbocycles. The van der Waals surface area contributed by atoms with E-state index >= 15 is 0 Å². The number of nitrogens with zero attached hydrogens (tertiary/aromatic N) is 2. The van der Waals surface area contributed by atoms with Crippen molar-refractivity contribution in [2.75, 3.05) is 7.05 Å². The molecule has 3 rings (SSSR count). The van der Waals surface area contributed by atoms with Crippen LogP contribution < -0.4 is 5.48 Å². The Hall–Kier alpha value is -2.27. The molecule has 0 radical (unpaired) electrons. The van der Waals surface area contributed by atoms with Crippen LogP contribution in [0.4, 0.5) is 0 Å². The lowest BCUT2D eigenvalue weighted by molar-refractivity contribution is -0.120. The number of aliphatic imine (C=N–C) groups is 1. The largest absolute Gasteiger partial charge is 0.384 e. The molecule has 0 spiro atoms. The lowest BCUT2D eigenvalue weighted by Crippen LogP contribution is -2.27. The highest BCUT2D eigenvalue weighted by atomic mass is 35.5. The lowest BCUT2D eigenvalue weighted by atomic mass is 10.1. The SMILES string of the molecule is CC1=C2C(=C(c3ccc(Cl)cc3)N=CC(=O)N2C)NO1. The summed E-state index contributed by atoms with van der Waals surface area (Å²) < 4.78 is 0. The highest BCUT2D eigenvalue weighted by Gasteiger charge is 2.30. The number of amides is 1. The zero-order chi connectivity index (χ0) is 14.3. The first-order valence-corrected chi connectivity index (χ1v) is 6.42. The van der Waals surface area contributed by atoms with Gasteiger partial charge in [0.05, 0.1) is 11.9 Å². The number of hydrogen-bond donors (Lipinski definition) is 1. The van der Waals surface area contributed by atoms with E-state index < -0.39 is 0 Å². The standard InChI is InChI=1S/C14H12ClN3O2/c1-8-14-13(17-20-8)12(16-7-11(19)18(14)2)9-3-5-10(15)6-4-9/h3-7,17H,1-2H3. The van der Waals surface area contributed by atoms with Crippen molar-refractivity contribution in [1.82, 2.24) is 10.4 Å². The molecule has 1 aromatic rings. The van der Waals surface area contributed by atoms with E-state index in [1.807, 2.05) is 12.1 Å². The summed E-state index contributed by atoms with van der Waals surface area (Å²) in [7, 11) is 1.69. The third kappa shape index (κ3) is 1.96. The molecule has 0 atom stereocenters. The number of benzene rings is 1. The average Bonchev–Trinajstić information content (AvgIpc) is 2.76. The fourth-order valence-electron chi connectivity index (χ4n) is 2.17. The Kier molecular flexibility index (Phi) is 2.99. The first kappa shape index (κ1) is 12.7. The Balaban J connectivity index is 2.19. The minimum atomic E-state index is -0.201. The molecule has 1 aromatic carbocycles. The van der Waals surface area contributed by atoms with Crippen molar-refractivity contribution in [2.24, 2.45) is 4.99 Å². The van der Waals surface area contributed by atoms with Crippen LogP contribution in [-0.4, -0.2) is 24.1 Å². The molecule has 2 aliphatic heterocycles. The Morgan fingerprint density at radius 3 is 2.70 bits per heavy atom. The predicted molar refractivity (Wildman–Crippen MR) is 76.6 cm³/mol. The van der Waals surface area contributed by atoms with Gasteiger partial charge in [-0.1, -0.05) is 23.7 Å². The Labute approximate surface area is 121 Å². The van der Waals surface area contributed by atoms with Crippen molar-refractivity contribution < 1.29 is 9.63 Å². The van der Waals surface area contributed by atoms with E-state index in [1.54, 1.807) is 26.1 Å². The summed E-state index contributed by atoms with van der Waals surface area (Å²) in [6.07, 6.45) is 1.30. The van der Waals surface area contributed by atoms with Gasteiger partial charge in [0.2, 0.25) is 0 Å². The van der Waals surface area contributed by atoms with Crippen LogP contribution in [0.25, 0.3) is 5.70 Å². The van der Waals surface area contributed by atoms with Gasteiger partial charge in [-0.25, -0.2) is 10.5 Å². The van der Waals surface area contributed by atoms with E-state index in [-0.39, 0.29) is 5.91 Å². The zero-order valence-electron chi connectivity index (χ0n) is 11.0. The molecule has 6 heteroatoms. The third-order valence-electron chi connectivity index (χ3n) is 3.20. The van der Waals surface area contributed by atoms with Crippen LogP contribution in [-0.2, 0) is 9.63 Å². The second kappa shape index (κ2) is 4.68. The molecule has 0 fully saturated rings. The van der Waals surface area contributed by atoms with Crippen LogP contribution in [0.15, 0.2) is 46.4 Å². The van der Waals surface area contributed by atoms with Crippen LogP contribution in [0, 0.1) is 0 Å². The molecule has 0 unspecified atom stereocenters. The number of hydroxylamine groups is 1. The minimum absolute atomic E-state index is 0.201. The maximum Gasteiger partial charge on any atom is 0.269 e. The quantitative estimate of drug-likeness (QED) is 0.863. The molecule has 0 saturated carbocycles. The number of allylic oxidation sites excluding steroid dienone is 1. The van der Waals surface area contributed by atoms with Gasteiger partial charge in [-0.3, -0.25) is 4.79 Å². The van der Waals surface area contributed by atoms with Crippen molar-refractivity contribution in [3.8, 4) is 0 Å². The van der Waals surface area contributed by atoms with E-state index in [0.717, 1.165) is 5.56 Å². The number of likely N-dealkylation sites (N-methyl/N-ethyl adjacent to an activating group) is 1. The van der Waals surface area contributed by atoms with Gasteiger partial charge in [0.15, 0.2) is 5.76 Å². The first-order valence-electron chi connectivity index (χ1n) is 6.04. The highest BCUT2D eigenvalue weighted by Crippen LogP contribution is 2.32. The maximum absolute atomic E-state index is 11.9. The summed E-state index contributed by atoms with van der Waals surface area (Å²) in [6.45, 7) is 1.80. The topological polar surface area (TPSA) is 53.9 Å². The summed E-state index contributed by atoms with van der Waals surface area (Å²) in [5.74, 6) is 0.431. The van der Waals surface area contributed by atoms with Gasteiger partial charge >= 0.3 is 0 Å². The Morgan fingerprint density at radius 2 is 2.00 bits per heavy atom. The van der Waals surface area contributed by atoms with E-state index in [2.05, 4.69) is 10.5 Å². The molecular formula is C14H12ClN3O2. The van der Waals surface area contributed by atoms with Gasteiger partial charge in [-0.15, -0.1) is 0 Å². The number of fused-ring (bicyclic) bond motifs is 1. The van der Waals surface area contributed by atoms with E-state index in [0.29, 0.717) is 27.9 Å². The number of halogens is 1. The third-order valence-corrected chi connectivity index (χ3v) is 3.45. The molecule has 0 saturated heterocycles. The smallest absolute Gasteiger partial charge is 0.269 e. The number of carbonyl (C=O) groups is 1. The molecule has 0 bridgehead atoms. The van der Waals surface area contributed by atoms with Gasteiger partial charge in [0.25, 0.3) is 5.91 Å². The predicted octanol–water partition coefficient (Wildman–Crippen LogP) is 2.32. The molecule has 1 N–H and O–H groups in total. The van der Waals surface area contributed by atoms with E-state index in [4.69, 9.17) is 16.4 Å². The van der Waals surface area contributed by atoms with Gasteiger partial charge in [-0.05, 0) is 19.1 Å². The Morgan fingerprint density at radius 1 is 1.30 bits per heavy atom. The second-order valence-electron chi connectivity index (χ2n) is 4.49. The summed E-state index contributed by atoms with van der Waals surface area (Å²) >= 11 is 5.90. The maximum atomic E-state index is 11.9. The number of carbonyl (C=O) groups excluding carboxylic acids is 1. The molecule has 0 aromatic heterocycles. The van der Waals surface area contributed by atoms with Crippen LogP contribution in [0.3, 0.4) is 0 Å². The summed E-state index contributed by atoms with van der Waals surface area (Å²) in [4.78, 5) is 23.1. The summed E-state index contributed by atoms with van der Waals surface area (Å²) in [6, 6.07) is 7.26. The molecular weight excluding hydrogens is 278 g/mol. The molecule has 5 nitrogen and oxygen atoms in total. The highest BCUT2D eigenvalue weighted by molar-refractivity contribution is 6.30. The number of hydrogen-bond acceptors (Lipinski definition) is 4. The fourth-order valence-corrected chi connectivity index (χ4v) is 2.30. The summed E-state index contributed by atoms with van der Waals surface area (Å²) in [5, 5.41) is 0.646. The average molecular weight is 290 g/mol. The van der Waals surface area contributed by atoms with E-state index in [9.17, 15) is 4.79 Å². The molecule has 2 aliphatic rings.